The second-order valence-electron chi connectivity index (χ2n) is 9.49. The van der Waals surface area contributed by atoms with Crippen LogP contribution >= 0.6 is 35.1 Å². The fourth-order valence-corrected chi connectivity index (χ4v) is 5.77. The number of nitrogens with zero attached hydrogens (tertiary/aromatic N) is 3. The van der Waals surface area contributed by atoms with Crippen LogP contribution in [0.2, 0.25) is 10.0 Å². The number of anilines is 1. The lowest BCUT2D eigenvalue weighted by Gasteiger charge is -2.21. The highest BCUT2D eigenvalue weighted by Gasteiger charge is 2.42. The van der Waals surface area contributed by atoms with Crippen molar-refractivity contribution in [3.05, 3.63) is 81.5 Å². The Hall–Kier alpha value is -3.41. The van der Waals surface area contributed by atoms with Crippen molar-refractivity contribution in [1.29, 1.82) is 0 Å². The van der Waals surface area contributed by atoms with Crippen molar-refractivity contribution in [3.8, 4) is 5.69 Å². The molecule has 1 heterocycles. The van der Waals surface area contributed by atoms with E-state index in [2.05, 4.69) is 9.82 Å². The summed E-state index contributed by atoms with van der Waals surface area (Å²) in [6.45, 7) is 6.20. The molecule has 0 aliphatic carbocycles. The Balaban J connectivity index is 1.73. The Labute approximate surface area is 261 Å². The molecule has 0 spiro atoms. The molecule has 3 aromatic carbocycles. The third-order valence-electron chi connectivity index (χ3n) is 6.41. The van der Waals surface area contributed by atoms with E-state index in [1.165, 1.54) is 18.2 Å². The number of aromatic nitrogens is 2. The fourth-order valence-electron chi connectivity index (χ4n) is 4.55. The molecule has 1 N–H and O–H groups in total. The van der Waals surface area contributed by atoms with Crippen molar-refractivity contribution >= 4 is 63.6 Å². The van der Waals surface area contributed by atoms with Crippen molar-refractivity contribution in [3.63, 3.8) is 0 Å². The van der Waals surface area contributed by atoms with Gasteiger partial charge in [0.2, 0.25) is 0 Å². The summed E-state index contributed by atoms with van der Waals surface area (Å²) in [6, 6.07) is 14.8. The maximum absolute atomic E-state index is 14.4. The number of esters is 1. The van der Waals surface area contributed by atoms with Gasteiger partial charge in [0.25, 0.3) is 5.91 Å². The van der Waals surface area contributed by atoms with Gasteiger partial charge in [0.15, 0.2) is 11.5 Å². The molecule has 228 valence electrons. The molecule has 0 saturated heterocycles. The Bertz CT molecular complexity index is 1640. The second-order valence-corrected chi connectivity index (χ2v) is 11.2. The van der Waals surface area contributed by atoms with E-state index in [0.29, 0.717) is 40.5 Å². The van der Waals surface area contributed by atoms with Gasteiger partial charge in [-0.2, -0.15) is 13.2 Å². The molecule has 0 fully saturated rings. The molecular weight excluding hydrogens is 624 g/mol. The maximum Gasteiger partial charge on any atom is 0.435 e. The zero-order chi connectivity index (χ0) is 31.3. The summed E-state index contributed by atoms with van der Waals surface area (Å²) in [5, 5.41) is 5.98. The quantitative estimate of drug-likeness (QED) is 0.129. The van der Waals surface area contributed by atoms with E-state index in [4.69, 9.17) is 27.9 Å². The van der Waals surface area contributed by atoms with Gasteiger partial charge in [-0.3, -0.25) is 9.52 Å². The molecule has 13 heteroatoms. The first-order chi connectivity index (χ1) is 20.5. The SMILES string of the molecule is CCCN(CCC)c1nn(-c2ccc(C(=O)NSc3ccc4cccc(Cl)c4c3)cc2C(=O)OCC)c(C(F)(F)F)c1Cl. The van der Waals surface area contributed by atoms with Gasteiger partial charge in [-0.05, 0) is 73.5 Å². The molecule has 0 radical (unpaired) electrons. The lowest BCUT2D eigenvalue weighted by atomic mass is 10.1. The van der Waals surface area contributed by atoms with E-state index in [9.17, 15) is 22.8 Å². The summed E-state index contributed by atoms with van der Waals surface area (Å²) >= 11 is 13.6. The molecule has 4 aromatic rings. The average Bonchev–Trinajstić information content (AvgIpc) is 3.33. The molecule has 0 saturated carbocycles. The van der Waals surface area contributed by atoms with E-state index >= 15 is 0 Å². The minimum Gasteiger partial charge on any atom is -0.462 e. The molecule has 7 nitrogen and oxygen atoms in total. The van der Waals surface area contributed by atoms with E-state index in [1.807, 2.05) is 44.2 Å². The van der Waals surface area contributed by atoms with Crippen LogP contribution in [0, 0.1) is 0 Å². The Morgan fingerprint density at radius 2 is 1.74 bits per heavy atom. The van der Waals surface area contributed by atoms with Crippen LogP contribution < -0.4 is 9.62 Å². The zero-order valence-corrected chi connectivity index (χ0v) is 25.9. The average molecular weight is 654 g/mol. The summed E-state index contributed by atoms with van der Waals surface area (Å²) in [6.07, 6.45) is -3.58. The van der Waals surface area contributed by atoms with Crippen LogP contribution in [0.1, 0.15) is 60.0 Å². The van der Waals surface area contributed by atoms with Gasteiger partial charge in [0, 0.05) is 34.0 Å². The van der Waals surface area contributed by atoms with Crippen LogP contribution in [0.15, 0.2) is 59.5 Å². The summed E-state index contributed by atoms with van der Waals surface area (Å²) in [7, 11) is 0. The number of fused-ring (bicyclic) bond motifs is 1. The monoisotopic (exact) mass is 652 g/mol. The van der Waals surface area contributed by atoms with Crippen molar-refractivity contribution in [2.75, 3.05) is 24.6 Å². The topological polar surface area (TPSA) is 76.5 Å². The van der Waals surface area contributed by atoms with Gasteiger partial charge in [0.1, 0.15) is 5.02 Å². The number of amides is 1. The second kappa shape index (κ2) is 13.9. The highest BCUT2D eigenvalue weighted by Crippen LogP contribution is 2.42. The van der Waals surface area contributed by atoms with Crippen molar-refractivity contribution in [2.45, 2.75) is 44.7 Å². The number of alkyl halides is 3. The van der Waals surface area contributed by atoms with Crippen LogP contribution in [0.5, 0.6) is 0 Å². The van der Waals surface area contributed by atoms with Crippen LogP contribution in [-0.2, 0) is 10.9 Å². The zero-order valence-electron chi connectivity index (χ0n) is 23.6. The lowest BCUT2D eigenvalue weighted by Crippen LogP contribution is -2.25. The number of hydrogen-bond acceptors (Lipinski definition) is 6. The smallest absolute Gasteiger partial charge is 0.435 e. The highest BCUT2D eigenvalue weighted by atomic mass is 35.5. The Morgan fingerprint density at radius 3 is 2.40 bits per heavy atom. The molecule has 0 aliphatic heterocycles. The van der Waals surface area contributed by atoms with E-state index in [-0.39, 0.29) is 29.2 Å². The van der Waals surface area contributed by atoms with Gasteiger partial charge < -0.3 is 9.64 Å². The number of halogens is 5. The predicted molar refractivity (Wildman–Crippen MR) is 165 cm³/mol. The normalized spacial score (nSPS) is 11.5. The van der Waals surface area contributed by atoms with Gasteiger partial charge in [-0.25, -0.2) is 9.48 Å². The lowest BCUT2D eigenvalue weighted by molar-refractivity contribution is -0.142. The third kappa shape index (κ3) is 7.22. The molecule has 4 rings (SSSR count). The molecule has 0 aliphatic rings. The van der Waals surface area contributed by atoms with Gasteiger partial charge >= 0.3 is 12.1 Å². The largest absolute Gasteiger partial charge is 0.462 e. The summed E-state index contributed by atoms with van der Waals surface area (Å²) < 4.78 is 51.5. The van der Waals surface area contributed by atoms with Crippen molar-refractivity contribution in [2.24, 2.45) is 0 Å². The number of nitrogens with one attached hydrogen (secondary N) is 1. The van der Waals surface area contributed by atoms with Crippen LogP contribution in [0.25, 0.3) is 16.5 Å². The number of ether oxygens (including phenoxy) is 1. The standard InChI is InChI=1S/C30H29Cl2F3N4O3S/c1-4-14-38(15-5-2)27-25(32)26(30(33,34)35)39(36-27)24-13-11-19(16-22(24)29(41)42-6-3)28(40)37-43-20-12-10-18-8-7-9-23(31)21(18)17-20/h7-13,16-17H,4-6,14-15H2,1-3H3,(H,37,40). The fraction of sp³-hybridized carbons (Fsp3) is 0.300. The molecule has 1 amide bonds. The van der Waals surface area contributed by atoms with Crippen molar-refractivity contribution < 1.29 is 27.5 Å². The Morgan fingerprint density at radius 1 is 1.02 bits per heavy atom. The molecule has 0 atom stereocenters. The Kier molecular flexibility index (Phi) is 10.5. The van der Waals surface area contributed by atoms with Gasteiger partial charge in [-0.1, -0.05) is 55.2 Å². The maximum atomic E-state index is 14.4. The summed E-state index contributed by atoms with van der Waals surface area (Å²) in [4.78, 5) is 28.5. The van der Waals surface area contributed by atoms with Gasteiger partial charge in [0.05, 0.1) is 17.9 Å². The molecule has 43 heavy (non-hydrogen) atoms. The number of benzene rings is 3. The molecular formula is C30H29Cl2F3N4O3S. The summed E-state index contributed by atoms with van der Waals surface area (Å²) in [5.74, 6) is -1.53. The van der Waals surface area contributed by atoms with Crippen LogP contribution in [-0.4, -0.2) is 41.4 Å². The molecule has 0 unspecified atom stereocenters. The third-order valence-corrected chi connectivity index (χ3v) is 7.86. The van der Waals surface area contributed by atoms with Crippen molar-refractivity contribution in [1.82, 2.24) is 14.5 Å². The number of hydrogen-bond donors (Lipinski definition) is 1. The first kappa shape index (κ1) is 32.5. The van der Waals surface area contributed by atoms with Crippen LogP contribution in [0.3, 0.4) is 0 Å². The first-order valence-electron chi connectivity index (χ1n) is 13.6. The first-order valence-corrected chi connectivity index (χ1v) is 15.1. The van der Waals surface area contributed by atoms with E-state index in [1.54, 1.807) is 17.9 Å². The minimum atomic E-state index is -4.90. The van der Waals surface area contributed by atoms with Crippen LogP contribution in [0.4, 0.5) is 19.0 Å². The number of carbonyl (C=O) groups is 2. The highest BCUT2D eigenvalue weighted by molar-refractivity contribution is 7.98. The minimum absolute atomic E-state index is 0.0313. The number of rotatable bonds is 11. The number of carbonyl (C=O) groups excluding carboxylic acids is 2. The van der Waals surface area contributed by atoms with Gasteiger partial charge in [-0.15, -0.1) is 5.10 Å². The predicted octanol–water partition coefficient (Wildman–Crippen LogP) is 8.59. The molecule has 0 bridgehead atoms. The molecule has 1 aromatic heterocycles. The van der Waals surface area contributed by atoms with E-state index < -0.39 is 28.8 Å². The summed E-state index contributed by atoms with van der Waals surface area (Å²) in [5.41, 5.74) is -1.69. The van der Waals surface area contributed by atoms with E-state index in [0.717, 1.165) is 22.7 Å².